The highest BCUT2D eigenvalue weighted by Gasteiger charge is 2.22. The molecule has 7 nitrogen and oxygen atoms in total. The summed E-state index contributed by atoms with van der Waals surface area (Å²) < 4.78 is 11.0. The molecule has 0 aromatic heterocycles. The fourth-order valence-electron chi connectivity index (χ4n) is 2.68. The number of nitrogens with zero attached hydrogens (tertiary/aromatic N) is 2. The predicted octanol–water partition coefficient (Wildman–Crippen LogP) is 4.66. The lowest BCUT2D eigenvalue weighted by Gasteiger charge is -2.22. The van der Waals surface area contributed by atoms with Crippen molar-refractivity contribution in [3.63, 3.8) is 0 Å². The summed E-state index contributed by atoms with van der Waals surface area (Å²) in [6, 6.07) is 11.0. The van der Waals surface area contributed by atoms with E-state index in [-0.39, 0.29) is 22.9 Å². The van der Waals surface area contributed by atoms with E-state index in [1.54, 1.807) is 36.3 Å². The average Bonchev–Trinajstić information content (AvgIpc) is 2.68. The lowest BCUT2D eigenvalue weighted by atomic mass is 10.1. The molecule has 0 radical (unpaired) electrons. The van der Waals surface area contributed by atoms with Gasteiger partial charge in [-0.05, 0) is 43.2 Å². The van der Waals surface area contributed by atoms with Crippen LogP contribution in [0.15, 0.2) is 42.5 Å². The number of ether oxygens (including phenoxy) is 2. The lowest BCUT2D eigenvalue weighted by Crippen LogP contribution is -2.32. The number of nitro benzene ring substituents is 1. The van der Waals surface area contributed by atoms with Gasteiger partial charge in [0.1, 0.15) is 17.2 Å². The Hall–Kier alpha value is -3.09. The normalized spacial score (nSPS) is 10.3. The largest absolute Gasteiger partial charge is 0.497 e. The van der Waals surface area contributed by atoms with E-state index >= 15 is 0 Å². The van der Waals surface area contributed by atoms with Crippen molar-refractivity contribution in [3.05, 3.63) is 58.1 Å². The third-order valence-electron chi connectivity index (χ3n) is 3.97. The Morgan fingerprint density at radius 3 is 2.15 bits per heavy atom. The first kappa shape index (κ1) is 20.2. The molecule has 0 aliphatic rings. The van der Waals surface area contributed by atoms with Gasteiger partial charge in [0, 0.05) is 25.2 Å². The lowest BCUT2D eigenvalue weighted by molar-refractivity contribution is -0.384. The molecule has 0 aliphatic heterocycles. The van der Waals surface area contributed by atoms with Gasteiger partial charge in [-0.2, -0.15) is 0 Å². The Morgan fingerprint density at radius 1 is 1.04 bits per heavy atom. The zero-order chi connectivity index (χ0) is 19.8. The standard InChI is InChI=1S/C20H24N2O5/c1-4-12-21(13-5-2)20(23)18-14-15(22(24)25)6-11-19(18)27-17-9-7-16(26-3)8-10-17/h6-11,14H,4-5,12-13H2,1-3H3. The first-order valence-corrected chi connectivity index (χ1v) is 8.89. The highest BCUT2D eigenvalue weighted by molar-refractivity contribution is 5.97. The van der Waals surface area contributed by atoms with Gasteiger partial charge in [0.25, 0.3) is 11.6 Å². The summed E-state index contributed by atoms with van der Waals surface area (Å²) in [5.74, 6) is 1.20. The van der Waals surface area contributed by atoms with Crippen LogP contribution in [-0.2, 0) is 0 Å². The molecule has 0 N–H and O–H groups in total. The van der Waals surface area contributed by atoms with Gasteiger partial charge in [0.2, 0.25) is 0 Å². The molecule has 0 saturated carbocycles. The zero-order valence-corrected chi connectivity index (χ0v) is 15.8. The van der Waals surface area contributed by atoms with Crippen LogP contribution < -0.4 is 9.47 Å². The topological polar surface area (TPSA) is 81.9 Å². The number of benzene rings is 2. The molecule has 0 aliphatic carbocycles. The number of carbonyl (C=O) groups excluding carboxylic acids is 1. The molecule has 0 bridgehead atoms. The molecule has 0 fully saturated rings. The maximum absolute atomic E-state index is 13.0. The number of hydrogen-bond acceptors (Lipinski definition) is 5. The van der Waals surface area contributed by atoms with E-state index < -0.39 is 4.92 Å². The molecule has 0 heterocycles. The SMILES string of the molecule is CCCN(CCC)C(=O)c1cc([N+](=O)[O-])ccc1Oc1ccc(OC)cc1. The van der Waals surface area contributed by atoms with Gasteiger partial charge < -0.3 is 14.4 Å². The number of rotatable bonds is 9. The van der Waals surface area contributed by atoms with Crippen LogP contribution in [0.3, 0.4) is 0 Å². The predicted molar refractivity (Wildman–Crippen MR) is 103 cm³/mol. The highest BCUT2D eigenvalue weighted by Crippen LogP contribution is 2.30. The molecule has 0 spiro atoms. The first-order valence-electron chi connectivity index (χ1n) is 8.89. The fourth-order valence-corrected chi connectivity index (χ4v) is 2.68. The Bertz CT molecular complexity index is 783. The molecule has 0 atom stereocenters. The number of methoxy groups -OCH3 is 1. The summed E-state index contributed by atoms with van der Waals surface area (Å²) in [6.45, 7) is 5.13. The number of hydrogen-bond donors (Lipinski definition) is 0. The monoisotopic (exact) mass is 372 g/mol. The van der Waals surface area contributed by atoms with Crippen LogP contribution in [0.4, 0.5) is 5.69 Å². The van der Waals surface area contributed by atoms with E-state index in [4.69, 9.17) is 9.47 Å². The molecule has 2 aromatic rings. The highest BCUT2D eigenvalue weighted by atomic mass is 16.6. The van der Waals surface area contributed by atoms with Gasteiger partial charge >= 0.3 is 0 Å². The van der Waals surface area contributed by atoms with Gasteiger partial charge in [-0.3, -0.25) is 14.9 Å². The molecular formula is C20H24N2O5. The average molecular weight is 372 g/mol. The van der Waals surface area contributed by atoms with Gasteiger partial charge in [0.15, 0.2) is 0 Å². The van der Waals surface area contributed by atoms with E-state index in [1.807, 2.05) is 13.8 Å². The van der Waals surface area contributed by atoms with Gasteiger partial charge in [0.05, 0.1) is 17.6 Å². The maximum atomic E-state index is 13.0. The summed E-state index contributed by atoms with van der Waals surface area (Å²) in [5.41, 5.74) is 0.0373. The molecule has 2 aromatic carbocycles. The van der Waals surface area contributed by atoms with Crippen LogP contribution in [0.25, 0.3) is 0 Å². The van der Waals surface area contributed by atoms with E-state index in [9.17, 15) is 14.9 Å². The Labute approximate surface area is 158 Å². The molecule has 0 saturated heterocycles. The van der Waals surface area contributed by atoms with Gasteiger partial charge in [-0.1, -0.05) is 13.8 Å². The van der Waals surface area contributed by atoms with Crippen molar-refractivity contribution in [2.24, 2.45) is 0 Å². The Morgan fingerprint density at radius 2 is 1.63 bits per heavy atom. The van der Waals surface area contributed by atoms with Crippen molar-refractivity contribution in [2.45, 2.75) is 26.7 Å². The van der Waals surface area contributed by atoms with Crippen LogP contribution in [-0.4, -0.2) is 35.9 Å². The van der Waals surface area contributed by atoms with E-state index in [1.165, 1.54) is 18.2 Å². The molecule has 2 rings (SSSR count). The van der Waals surface area contributed by atoms with Crippen molar-refractivity contribution < 1.29 is 19.2 Å². The molecule has 1 amide bonds. The summed E-state index contributed by atoms with van der Waals surface area (Å²) in [5, 5.41) is 11.2. The Kier molecular flexibility index (Phi) is 7.16. The molecular weight excluding hydrogens is 348 g/mol. The van der Waals surface area contributed by atoms with E-state index in [0.717, 1.165) is 12.8 Å². The third-order valence-corrected chi connectivity index (χ3v) is 3.97. The molecule has 27 heavy (non-hydrogen) atoms. The quantitative estimate of drug-likeness (QED) is 0.472. The maximum Gasteiger partial charge on any atom is 0.270 e. The minimum absolute atomic E-state index is 0.145. The second-order valence-electron chi connectivity index (χ2n) is 6.01. The van der Waals surface area contributed by atoms with Crippen molar-refractivity contribution in [1.29, 1.82) is 0 Å². The van der Waals surface area contributed by atoms with Crippen LogP contribution >= 0.6 is 0 Å². The van der Waals surface area contributed by atoms with Crippen molar-refractivity contribution >= 4 is 11.6 Å². The zero-order valence-electron chi connectivity index (χ0n) is 15.8. The van der Waals surface area contributed by atoms with Crippen LogP contribution in [0.1, 0.15) is 37.0 Å². The van der Waals surface area contributed by atoms with Crippen LogP contribution in [0.5, 0.6) is 17.2 Å². The van der Waals surface area contributed by atoms with Gasteiger partial charge in [-0.25, -0.2) is 0 Å². The summed E-state index contributed by atoms with van der Waals surface area (Å²) in [4.78, 5) is 25.4. The smallest absolute Gasteiger partial charge is 0.270 e. The molecule has 0 unspecified atom stereocenters. The fraction of sp³-hybridized carbons (Fsp3) is 0.350. The summed E-state index contributed by atoms with van der Waals surface area (Å²) >= 11 is 0. The minimum Gasteiger partial charge on any atom is -0.497 e. The van der Waals surface area contributed by atoms with Crippen LogP contribution in [0, 0.1) is 10.1 Å². The Balaban J connectivity index is 2.40. The third kappa shape index (κ3) is 5.20. The summed E-state index contributed by atoms with van der Waals surface area (Å²) in [6.07, 6.45) is 1.60. The second kappa shape index (κ2) is 9.56. The second-order valence-corrected chi connectivity index (χ2v) is 6.01. The summed E-state index contributed by atoms with van der Waals surface area (Å²) in [7, 11) is 1.57. The van der Waals surface area contributed by atoms with Crippen LogP contribution in [0.2, 0.25) is 0 Å². The number of carbonyl (C=O) groups is 1. The minimum atomic E-state index is -0.516. The number of non-ortho nitro benzene ring substituents is 1. The van der Waals surface area contributed by atoms with E-state index in [2.05, 4.69) is 0 Å². The van der Waals surface area contributed by atoms with Gasteiger partial charge in [-0.15, -0.1) is 0 Å². The first-order chi connectivity index (χ1) is 13.0. The molecule has 144 valence electrons. The van der Waals surface area contributed by atoms with E-state index in [0.29, 0.717) is 24.6 Å². The van der Waals surface area contributed by atoms with Crippen molar-refractivity contribution in [3.8, 4) is 17.2 Å². The number of amides is 1. The van der Waals surface area contributed by atoms with Crippen molar-refractivity contribution in [2.75, 3.05) is 20.2 Å². The van der Waals surface area contributed by atoms with Crippen molar-refractivity contribution in [1.82, 2.24) is 4.90 Å². The number of nitro groups is 1. The molecule has 7 heteroatoms.